The molecule has 0 atom stereocenters. The molecule has 3 aliphatic heterocycles. The normalized spacial score (nSPS) is 16.3. The molecule has 7 nitrogen and oxygen atoms in total. The molecule has 1 fully saturated rings. The van der Waals surface area contributed by atoms with Gasteiger partial charge < -0.3 is 24.0 Å². The summed E-state index contributed by atoms with van der Waals surface area (Å²) < 4.78 is 17.0. The fourth-order valence-electron chi connectivity index (χ4n) is 4.41. The number of amidine groups is 1. The predicted molar refractivity (Wildman–Crippen MR) is 124 cm³/mol. The summed E-state index contributed by atoms with van der Waals surface area (Å²) in [6, 6.07) is 19.3. The Hall–Kier alpha value is -4.00. The van der Waals surface area contributed by atoms with Gasteiger partial charge in [0.1, 0.15) is 17.3 Å². The molecule has 1 amide bonds. The number of carbonyl (C=O) groups is 1. The average Bonchev–Trinajstić information content (AvgIpc) is 3.25. The zero-order chi connectivity index (χ0) is 22.4. The van der Waals surface area contributed by atoms with Gasteiger partial charge in [-0.05, 0) is 49.4 Å². The van der Waals surface area contributed by atoms with Gasteiger partial charge in [0.25, 0.3) is 5.91 Å². The Morgan fingerprint density at radius 1 is 0.848 bits per heavy atom. The highest BCUT2D eigenvalue weighted by Crippen LogP contribution is 2.38. The quantitative estimate of drug-likeness (QED) is 0.561. The van der Waals surface area contributed by atoms with E-state index >= 15 is 0 Å². The zero-order valence-corrected chi connectivity index (χ0v) is 18.3. The highest BCUT2D eigenvalue weighted by molar-refractivity contribution is 6.04. The van der Waals surface area contributed by atoms with Gasteiger partial charge in [-0.3, -0.25) is 4.79 Å². The van der Waals surface area contributed by atoms with Crippen LogP contribution >= 0.6 is 0 Å². The number of rotatable bonds is 1. The first-order valence-electron chi connectivity index (χ1n) is 11.1. The maximum absolute atomic E-state index is 13.1. The molecule has 0 bridgehead atoms. The second-order valence-corrected chi connectivity index (χ2v) is 8.35. The van der Waals surface area contributed by atoms with E-state index in [0.29, 0.717) is 43.2 Å². The van der Waals surface area contributed by atoms with Crippen LogP contribution in [0.25, 0.3) is 0 Å². The predicted octanol–water partition coefficient (Wildman–Crippen LogP) is 4.37. The van der Waals surface area contributed by atoms with E-state index in [0.717, 1.165) is 34.1 Å². The van der Waals surface area contributed by atoms with Crippen LogP contribution < -0.4 is 14.2 Å². The Morgan fingerprint density at radius 2 is 1.64 bits per heavy atom. The molecule has 7 heteroatoms. The molecule has 0 aliphatic carbocycles. The van der Waals surface area contributed by atoms with Crippen molar-refractivity contribution < 1.29 is 19.0 Å². The number of ether oxygens (including phenoxy) is 3. The fraction of sp³-hybridized carbons (Fsp3) is 0.231. The van der Waals surface area contributed by atoms with Gasteiger partial charge in [-0.2, -0.15) is 0 Å². The number of hydrogen-bond donors (Lipinski definition) is 0. The smallest absolute Gasteiger partial charge is 0.254 e. The van der Waals surface area contributed by atoms with Gasteiger partial charge in [-0.1, -0.05) is 23.8 Å². The Labute approximate surface area is 191 Å². The molecule has 3 aromatic carbocycles. The van der Waals surface area contributed by atoms with Gasteiger partial charge in [0.05, 0.1) is 5.56 Å². The zero-order valence-electron chi connectivity index (χ0n) is 18.3. The molecular formula is C26H23N3O4. The second kappa shape index (κ2) is 7.85. The first kappa shape index (κ1) is 19.7. The first-order valence-corrected chi connectivity index (χ1v) is 11.1. The van der Waals surface area contributed by atoms with E-state index in [4.69, 9.17) is 19.2 Å². The van der Waals surface area contributed by atoms with E-state index in [1.165, 1.54) is 0 Å². The summed E-state index contributed by atoms with van der Waals surface area (Å²) in [7, 11) is 0. The summed E-state index contributed by atoms with van der Waals surface area (Å²) in [5, 5.41) is 0. The van der Waals surface area contributed by atoms with Crippen molar-refractivity contribution in [1.82, 2.24) is 9.80 Å². The molecular weight excluding hydrogens is 418 g/mol. The number of aryl methyl sites for hydroxylation is 1. The molecule has 0 saturated carbocycles. The second-order valence-electron chi connectivity index (χ2n) is 8.35. The maximum atomic E-state index is 13.1. The average molecular weight is 441 g/mol. The topological polar surface area (TPSA) is 63.6 Å². The van der Waals surface area contributed by atoms with Crippen LogP contribution in [-0.2, 0) is 0 Å². The largest absolute Gasteiger partial charge is 0.454 e. The lowest BCUT2D eigenvalue weighted by Gasteiger charge is -2.36. The molecule has 0 unspecified atom stereocenters. The van der Waals surface area contributed by atoms with E-state index in [1.54, 1.807) is 18.2 Å². The number of hydrogen-bond acceptors (Lipinski definition) is 6. The fourth-order valence-corrected chi connectivity index (χ4v) is 4.41. The minimum atomic E-state index is 0.000628. The molecule has 0 aromatic heterocycles. The third-order valence-corrected chi connectivity index (χ3v) is 6.17. The number of amides is 1. The van der Waals surface area contributed by atoms with Crippen molar-refractivity contribution in [3.05, 3.63) is 77.4 Å². The number of benzene rings is 3. The van der Waals surface area contributed by atoms with E-state index in [-0.39, 0.29) is 12.7 Å². The molecule has 0 N–H and O–H groups in total. The third kappa shape index (κ3) is 3.55. The number of piperazine rings is 1. The number of nitrogens with zero attached hydrogens (tertiary/aromatic N) is 3. The Balaban J connectivity index is 1.25. The summed E-state index contributed by atoms with van der Waals surface area (Å²) in [6.07, 6.45) is 0. The monoisotopic (exact) mass is 441 g/mol. The van der Waals surface area contributed by atoms with Crippen LogP contribution in [0.15, 0.2) is 65.7 Å². The van der Waals surface area contributed by atoms with Crippen molar-refractivity contribution in [3.8, 4) is 23.0 Å². The molecule has 3 heterocycles. The lowest BCUT2D eigenvalue weighted by Crippen LogP contribution is -2.50. The van der Waals surface area contributed by atoms with Crippen LogP contribution in [0.3, 0.4) is 0 Å². The Kier molecular flexibility index (Phi) is 4.68. The van der Waals surface area contributed by atoms with Crippen molar-refractivity contribution >= 4 is 17.4 Å². The molecule has 166 valence electrons. The molecule has 33 heavy (non-hydrogen) atoms. The third-order valence-electron chi connectivity index (χ3n) is 6.17. The molecule has 0 radical (unpaired) electrons. The lowest BCUT2D eigenvalue weighted by molar-refractivity contribution is 0.0691. The minimum absolute atomic E-state index is 0.000628. The van der Waals surface area contributed by atoms with Crippen molar-refractivity contribution in [1.29, 1.82) is 0 Å². The number of carbonyl (C=O) groups excluding carboxylic acids is 1. The van der Waals surface area contributed by atoms with Crippen molar-refractivity contribution in [3.63, 3.8) is 0 Å². The summed E-state index contributed by atoms with van der Waals surface area (Å²) in [5.74, 6) is 3.73. The first-order chi connectivity index (χ1) is 16.2. The highest BCUT2D eigenvalue weighted by Gasteiger charge is 2.28. The van der Waals surface area contributed by atoms with E-state index in [1.807, 2.05) is 41.3 Å². The van der Waals surface area contributed by atoms with Gasteiger partial charge in [0.15, 0.2) is 17.2 Å². The molecule has 0 spiro atoms. The van der Waals surface area contributed by atoms with Crippen molar-refractivity contribution in [2.24, 2.45) is 4.99 Å². The van der Waals surface area contributed by atoms with Gasteiger partial charge in [-0.15, -0.1) is 0 Å². The summed E-state index contributed by atoms with van der Waals surface area (Å²) in [4.78, 5) is 22.2. The highest BCUT2D eigenvalue weighted by atomic mass is 16.7. The van der Waals surface area contributed by atoms with Gasteiger partial charge >= 0.3 is 0 Å². The van der Waals surface area contributed by atoms with E-state index < -0.39 is 0 Å². The molecule has 6 rings (SSSR count). The maximum Gasteiger partial charge on any atom is 0.254 e. The Bertz CT molecular complexity index is 1280. The van der Waals surface area contributed by atoms with Crippen LogP contribution in [0.5, 0.6) is 23.0 Å². The van der Waals surface area contributed by atoms with Crippen LogP contribution in [-0.4, -0.2) is 54.5 Å². The van der Waals surface area contributed by atoms with Crippen LogP contribution in [0.2, 0.25) is 0 Å². The summed E-state index contributed by atoms with van der Waals surface area (Å²) in [5.41, 5.74) is 3.54. The van der Waals surface area contributed by atoms with Gasteiger partial charge in [0.2, 0.25) is 6.79 Å². The van der Waals surface area contributed by atoms with Crippen molar-refractivity contribution in [2.45, 2.75) is 6.92 Å². The van der Waals surface area contributed by atoms with Gasteiger partial charge in [-0.25, -0.2) is 4.99 Å². The van der Waals surface area contributed by atoms with E-state index in [9.17, 15) is 4.79 Å². The van der Waals surface area contributed by atoms with Crippen LogP contribution in [0.1, 0.15) is 21.5 Å². The van der Waals surface area contributed by atoms with Crippen molar-refractivity contribution in [2.75, 3.05) is 33.0 Å². The van der Waals surface area contributed by atoms with E-state index in [2.05, 4.69) is 17.9 Å². The van der Waals surface area contributed by atoms with Gasteiger partial charge in [0, 0.05) is 31.7 Å². The lowest BCUT2D eigenvalue weighted by atomic mass is 10.1. The number of aliphatic imine (C=N–C) groups is 1. The molecule has 1 saturated heterocycles. The standard InChI is InChI=1S/C26H23N3O4/c1-17-6-8-21-19(14-17)25(27-20-4-2-3-5-22(20)33-21)28-10-12-29(13-11-28)26(30)18-7-9-23-24(15-18)32-16-31-23/h2-9,14-15H,10-13,16H2,1H3. The minimum Gasteiger partial charge on any atom is -0.454 e. The summed E-state index contributed by atoms with van der Waals surface area (Å²) in [6.45, 7) is 4.85. The summed E-state index contributed by atoms with van der Waals surface area (Å²) >= 11 is 0. The number of fused-ring (bicyclic) bond motifs is 3. The number of para-hydroxylation sites is 2. The SMILES string of the molecule is Cc1ccc2c(c1)C(N1CCN(C(=O)c3ccc4c(c3)OCO4)CC1)=Nc1ccccc1O2. The van der Waals surface area contributed by atoms with Crippen LogP contribution in [0.4, 0.5) is 5.69 Å². The van der Waals surface area contributed by atoms with Crippen LogP contribution in [0, 0.1) is 6.92 Å². The molecule has 3 aliphatic rings. The Morgan fingerprint density at radius 3 is 2.52 bits per heavy atom. The molecule has 3 aromatic rings.